The number of rotatable bonds is 3. The van der Waals surface area contributed by atoms with Crippen LogP contribution < -0.4 is 10.4 Å². The summed E-state index contributed by atoms with van der Waals surface area (Å²) in [5, 5.41) is 0. The number of amides is 1. The molecule has 7 heteroatoms. The second-order valence-electron chi connectivity index (χ2n) is 8.85. The van der Waals surface area contributed by atoms with E-state index in [4.69, 9.17) is 9.31 Å². The van der Waals surface area contributed by atoms with E-state index in [0.717, 1.165) is 24.2 Å². The number of carbonyl (C=O) groups excluding carboxylic acids is 1. The maximum atomic E-state index is 13.1. The average Bonchev–Trinajstić information content (AvgIpc) is 3.31. The number of anilines is 1. The van der Waals surface area contributed by atoms with Crippen LogP contribution in [0.5, 0.6) is 0 Å². The number of hydrogen-bond acceptors (Lipinski definition) is 4. The van der Waals surface area contributed by atoms with Gasteiger partial charge in [0.1, 0.15) is 6.17 Å². The Morgan fingerprint density at radius 3 is 2.04 bits per heavy atom. The molecule has 27 heavy (non-hydrogen) atoms. The molecule has 3 aliphatic rings. The lowest BCUT2D eigenvalue weighted by Crippen LogP contribution is -2.49. The van der Waals surface area contributed by atoms with E-state index in [2.05, 4.69) is 44.7 Å². The number of halogens is 1. The number of nitrogens with zero attached hydrogens (tertiary/aromatic N) is 2. The topological polar surface area (TPSA) is 42.0 Å². The predicted octanol–water partition coefficient (Wildman–Crippen LogP) is 1.99. The first kappa shape index (κ1) is 18.8. The largest absolute Gasteiger partial charge is 0.494 e. The molecule has 1 aromatic carbocycles. The lowest BCUT2D eigenvalue weighted by atomic mass is 9.79. The lowest BCUT2D eigenvalue weighted by Gasteiger charge is -2.36. The zero-order valence-corrected chi connectivity index (χ0v) is 16.6. The van der Waals surface area contributed by atoms with Gasteiger partial charge in [0.25, 0.3) is 0 Å². The van der Waals surface area contributed by atoms with Crippen LogP contribution in [0.4, 0.5) is 10.1 Å². The average molecular weight is 374 g/mol. The summed E-state index contributed by atoms with van der Waals surface area (Å²) in [6, 6.07) is 8.26. The van der Waals surface area contributed by atoms with E-state index < -0.39 is 6.17 Å². The molecule has 1 aliphatic carbocycles. The van der Waals surface area contributed by atoms with Gasteiger partial charge in [-0.2, -0.15) is 0 Å². The summed E-state index contributed by atoms with van der Waals surface area (Å²) in [5.41, 5.74) is 1.43. The molecule has 1 aromatic rings. The molecular weight excluding hydrogens is 346 g/mol. The van der Waals surface area contributed by atoms with E-state index in [1.807, 2.05) is 12.1 Å². The monoisotopic (exact) mass is 374 g/mol. The standard InChI is InChI=1S/C20H28BFN2O3/c1-19(2)20(3,4)27-21(26-19)14-5-7-15(8-6-14)23-9-11-24(12-10-23)18(25)16-13-17(16)22/h5-8,16-17H,9-13H2,1-4H3/t16-,17+/m1/s1. The highest BCUT2D eigenvalue weighted by molar-refractivity contribution is 6.62. The van der Waals surface area contributed by atoms with Crippen molar-refractivity contribution in [3.8, 4) is 0 Å². The van der Waals surface area contributed by atoms with Crippen molar-refractivity contribution in [1.29, 1.82) is 0 Å². The van der Waals surface area contributed by atoms with Crippen molar-refractivity contribution in [1.82, 2.24) is 4.90 Å². The molecule has 0 radical (unpaired) electrons. The van der Waals surface area contributed by atoms with Gasteiger partial charge in [-0.15, -0.1) is 0 Å². The number of carbonyl (C=O) groups is 1. The Kier molecular flexibility index (Phi) is 4.50. The highest BCUT2D eigenvalue weighted by Gasteiger charge is 2.51. The van der Waals surface area contributed by atoms with Crippen LogP contribution in [0.2, 0.25) is 0 Å². The third kappa shape index (κ3) is 3.47. The molecule has 2 saturated heterocycles. The zero-order chi connectivity index (χ0) is 19.4. The molecule has 2 aliphatic heterocycles. The fraction of sp³-hybridized carbons (Fsp3) is 0.650. The van der Waals surface area contributed by atoms with Crippen LogP contribution in [0.1, 0.15) is 34.1 Å². The maximum Gasteiger partial charge on any atom is 0.494 e. The first-order chi connectivity index (χ1) is 12.7. The second-order valence-corrected chi connectivity index (χ2v) is 8.85. The van der Waals surface area contributed by atoms with Crippen molar-refractivity contribution in [2.24, 2.45) is 5.92 Å². The number of alkyl halides is 1. The molecule has 146 valence electrons. The molecule has 0 aromatic heterocycles. The Morgan fingerprint density at radius 2 is 1.56 bits per heavy atom. The van der Waals surface area contributed by atoms with Gasteiger partial charge in [0.2, 0.25) is 5.91 Å². The third-order valence-electron chi connectivity index (χ3n) is 6.40. The Hall–Kier alpha value is -1.60. The second kappa shape index (κ2) is 6.48. The van der Waals surface area contributed by atoms with E-state index in [9.17, 15) is 9.18 Å². The van der Waals surface area contributed by atoms with Crippen LogP contribution in [0.15, 0.2) is 24.3 Å². The van der Waals surface area contributed by atoms with Crippen LogP contribution in [-0.2, 0) is 14.1 Å². The molecule has 0 bridgehead atoms. The van der Waals surface area contributed by atoms with E-state index in [1.54, 1.807) is 4.90 Å². The van der Waals surface area contributed by atoms with Crippen LogP contribution in [-0.4, -0.2) is 61.5 Å². The number of piperazine rings is 1. The van der Waals surface area contributed by atoms with Crippen molar-refractivity contribution in [2.45, 2.75) is 51.5 Å². The summed E-state index contributed by atoms with van der Waals surface area (Å²) in [7, 11) is -0.356. The minimum Gasteiger partial charge on any atom is -0.399 e. The Morgan fingerprint density at radius 1 is 1.04 bits per heavy atom. The number of hydrogen-bond donors (Lipinski definition) is 0. The summed E-state index contributed by atoms with van der Waals surface area (Å²) >= 11 is 0. The van der Waals surface area contributed by atoms with Gasteiger partial charge in [0.15, 0.2) is 0 Å². The highest BCUT2D eigenvalue weighted by atomic mass is 19.1. The molecule has 0 unspecified atom stereocenters. The molecule has 2 heterocycles. The molecule has 5 nitrogen and oxygen atoms in total. The van der Waals surface area contributed by atoms with E-state index in [0.29, 0.717) is 19.5 Å². The van der Waals surface area contributed by atoms with Crippen LogP contribution in [0.3, 0.4) is 0 Å². The molecular formula is C20H28BFN2O3. The SMILES string of the molecule is CC1(C)OB(c2ccc(N3CCN(C(=O)[C@@H]4C[C@@H]4F)CC3)cc2)OC1(C)C. The van der Waals surface area contributed by atoms with Gasteiger partial charge in [-0.3, -0.25) is 4.79 Å². The molecule has 2 atom stereocenters. The first-order valence-corrected chi connectivity index (χ1v) is 9.81. The first-order valence-electron chi connectivity index (χ1n) is 9.81. The third-order valence-corrected chi connectivity index (χ3v) is 6.40. The normalized spacial score (nSPS) is 29.1. The Balaban J connectivity index is 1.36. The van der Waals surface area contributed by atoms with Gasteiger partial charge in [0.05, 0.1) is 17.1 Å². The van der Waals surface area contributed by atoms with E-state index in [-0.39, 0.29) is 30.1 Å². The van der Waals surface area contributed by atoms with Crippen molar-refractivity contribution >= 4 is 24.2 Å². The van der Waals surface area contributed by atoms with Crippen molar-refractivity contribution < 1.29 is 18.5 Å². The fourth-order valence-electron chi connectivity index (χ4n) is 3.66. The zero-order valence-electron chi connectivity index (χ0n) is 16.6. The summed E-state index contributed by atoms with van der Waals surface area (Å²) < 4.78 is 25.3. The summed E-state index contributed by atoms with van der Waals surface area (Å²) in [4.78, 5) is 16.2. The molecule has 4 rings (SSSR count). The van der Waals surface area contributed by atoms with Gasteiger partial charge in [0, 0.05) is 31.9 Å². The quantitative estimate of drug-likeness (QED) is 0.759. The van der Waals surface area contributed by atoms with Crippen molar-refractivity contribution in [3.05, 3.63) is 24.3 Å². The Bertz CT molecular complexity index is 700. The predicted molar refractivity (Wildman–Crippen MR) is 104 cm³/mol. The lowest BCUT2D eigenvalue weighted by molar-refractivity contribution is -0.133. The van der Waals surface area contributed by atoms with Crippen molar-refractivity contribution in [2.75, 3.05) is 31.1 Å². The summed E-state index contributed by atoms with van der Waals surface area (Å²) in [5.74, 6) is -0.394. The van der Waals surface area contributed by atoms with E-state index in [1.165, 1.54) is 0 Å². The maximum absolute atomic E-state index is 13.1. The summed E-state index contributed by atoms with van der Waals surface area (Å²) in [6.07, 6.45) is -0.516. The fourth-order valence-corrected chi connectivity index (χ4v) is 3.66. The Labute approximate surface area is 160 Å². The number of benzene rings is 1. The van der Waals surface area contributed by atoms with Crippen molar-refractivity contribution in [3.63, 3.8) is 0 Å². The highest BCUT2D eigenvalue weighted by Crippen LogP contribution is 2.37. The van der Waals surface area contributed by atoms with Gasteiger partial charge >= 0.3 is 7.12 Å². The van der Waals surface area contributed by atoms with Crippen LogP contribution in [0, 0.1) is 5.92 Å². The van der Waals surface area contributed by atoms with Crippen LogP contribution in [0.25, 0.3) is 0 Å². The molecule has 3 fully saturated rings. The van der Waals surface area contributed by atoms with Crippen LogP contribution >= 0.6 is 0 Å². The molecule has 1 saturated carbocycles. The molecule has 0 N–H and O–H groups in total. The van der Waals surface area contributed by atoms with Gasteiger partial charge < -0.3 is 19.1 Å². The molecule has 1 amide bonds. The minimum absolute atomic E-state index is 0.0155. The van der Waals surface area contributed by atoms with Gasteiger partial charge in [-0.25, -0.2) is 4.39 Å². The van der Waals surface area contributed by atoms with E-state index >= 15 is 0 Å². The smallest absolute Gasteiger partial charge is 0.399 e. The summed E-state index contributed by atoms with van der Waals surface area (Å²) in [6.45, 7) is 11.0. The minimum atomic E-state index is -0.918. The van der Waals surface area contributed by atoms with Gasteiger partial charge in [-0.05, 0) is 51.7 Å². The molecule has 0 spiro atoms. The van der Waals surface area contributed by atoms with Gasteiger partial charge in [-0.1, -0.05) is 12.1 Å².